The van der Waals surface area contributed by atoms with Crippen molar-refractivity contribution in [2.45, 2.75) is 6.92 Å². The molecule has 0 saturated heterocycles. The Kier molecular flexibility index (Phi) is 2.82. The van der Waals surface area contributed by atoms with Crippen LogP contribution in [0.3, 0.4) is 0 Å². The van der Waals surface area contributed by atoms with Gasteiger partial charge in [-0.2, -0.15) is 0 Å². The first-order chi connectivity index (χ1) is 8.08. The minimum atomic E-state index is -1.11. The monoisotopic (exact) mass is 232 g/mol. The summed E-state index contributed by atoms with van der Waals surface area (Å²) in [6.45, 7) is 1.64. The van der Waals surface area contributed by atoms with Crippen molar-refractivity contribution in [2.24, 2.45) is 0 Å². The lowest BCUT2D eigenvalue weighted by molar-refractivity contribution is 0.0688. The number of carboxylic acid groups (broad SMARTS) is 1. The maximum Gasteiger partial charge on any atom is 0.356 e. The first-order valence-corrected chi connectivity index (χ1v) is 4.91. The highest BCUT2D eigenvalue weighted by atomic mass is 19.1. The van der Waals surface area contributed by atoms with Crippen LogP contribution >= 0.6 is 0 Å². The number of aryl methyl sites for hydroxylation is 1. The number of rotatable bonds is 2. The van der Waals surface area contributed by atoms with Crippen molar-refractivity contribution in [3.8, 4) is 11.3 Å². The van der Waals surface area contributed by atoms with E-state index in [0.717, 1.165) is 0 Å². The molecule has 1 aromatic heterocycles. The van der Waals surface area contributed by atoms with Crippen molar-refractivity contribution >= 4 is 5.97 Å². The summed E-state index contributed by atoms with van der Waals surface area (Å²) in [6.07, 6.45) is 0. The SMILES string of the molecule is Cc1cc(-c2ccc(F)cc2)nnc1C(=O)O. The van der Waals surface area contributed by atoms with Gasteiger partial charge in [-0.25, -0.2) is 9.18 Å². The highest BCUT2D eigenvalue weighted by molar-refractivity contribution is 5.87. The lowest BCUT2D eigenvalue weighted by Gasteiger charge is -2.03. The van der Waals surface area contributed by atoms with Gasteiger partial charge in [0.05, 0.1) is 5.69 Å². The molecule has 0 spiro atoms. The highest BCUT2D eigenvalue weighted by Gasteiger charge is 2.11. The van der Waals surface area contributed by atoms with Gasteiger partial charge in [0.25, 0.3) is 0 Å². The zero-order valence-electron chi connectivity index (χ0n) is 9.01. The molecule has 0 fully saturated rings. The predicted octanol–water partition coefficient (Wildman–Crippen LogP) is 2.29. The van der Waals surface area contributed by atoms with Gasteiger partial charge < -0.3 is 5.11 Å². The van der Waals surface area contributed by atoms with E-state index in [0.29, 0.717) is 16.8 Å². The molecule has 0 unspecified atom stereocenters. The summed E-state index contributed by atoms with van der Waals surface area (Å²) in [5.74, 6) is -1.44. The van der Waals surface area contributed by atoms with Crippen LogP contribution in [0.5, 0.6) is 0 Å². The van der Waals surface area contributed by atoms with Crippen molar-refractivity contribution < 1.29 is 14.3 Å². The van der Waals surface area contributed by atoms with E-state index < -0.39 is 5.97 Å². The van der Waals surface area contributed by atoms with Gasteiger partial charge in [-0.3, -0.25) is 0 Å². The molecule has 86 valence electrons. The smallest absolute Gasteiger partial charge is 0.356 e. The molecule has 1 aromatic carbocycles. The number of halogens is 1. The van der Waals surface area contributed by atoms with Gasteiger partial charge in [-0.05, 0) is 42.8 Å². The summed E-state index contributed by atoms with van der Waals surface area (Å²) in [5, 5.41) is 16.3. The number of benzene rings is 1. The van der Waals surface area contributed by atoms with E-state index in [1.165, 1.54) is 12.1 Å². The number of hydrogen-bond acceptors (Lipinski definition) is 3. The first-order valence-electron chi connectivity index (χ1n) is 4.91. The first kappa shape index (κ1) is 11.2. The fourth-order valence-electron chi connectivity index (χ4n) is 1.46. The predicted molar refractivity (Wildman–Crippen MR) is 59.1 cm³/mol. The quantitative estimate of drug-likeness (QED) is 0.862. The second-order valence-corrected chi connectivity index (χ2v) is 3.57. The third-order valence-corrected chi connectivity index (χ3v) is 2.33. The van der Waals surface area contributed by atoms with E-state index in [1.807, 2.05) is 0 Å². The van der Waals surface area contributed by atoms with E-state index in [1.54, 1.807) is 25.1 Å². The second-order valence-electron chi connectivity index (χ2n) is 3.57. The normalized spacial score (nSPS) is 10.2. The maximum absolute atomic E-state index is 12.7. The highest BCUT2D eigenvalue weighted by Crippen LogP contribution is 2.18. The molecule has 0 bridgehead atoms. The van der Waals surface area contributed by atoms with Crippen molar-refractivity contribution in [2.75, 3.05) is 0 Å². The van der Waals surface area contributed by atoms with Crippen LogP contribution in [0.1, 0.15) is 16.1 Å². The summed E-state index contributed by atoms with van der Waals surface area (Å²) in [4.78, 5) is 10.8. The summed E-state index contributed by atoms with van der Waals surface area (Å²) in [7, 11) is 0. The summed E-state index contributed by atoms with van der Waals surface area (Å²) < 4.78 is 12.7. The van der Waals surface area contributed by atoms with Gasteiger partial charge in [-0.1, -0.05) is 0 Å². The van der Waals surface area contributed by atoms with Gasteiger partial charge in [0, 0.05) is 5.56 Å². The standard InChI is InChI=1S/C12H9FN2O2/c1-7-6-10(14-15-11(7)12(16)17)8-2-4-9(13)5-3-8/h2-6H,1H3,(H,16,17). The minimum absolute atomic E-state index is 0.0733. The van der Waals surface area contributed by atoms with Crippen LogP contribution < -0.4 is 0 Å². The molecular formula is C12H9FN2O2. The van der Waals surface area contributed by atoms with Gasteiger partial charge in [0.15, 0.2) is 5.69 Å². The minimum Gasteiger partial charge on any atom is -0.476 e. The van der Waals surface area contributed by atoms with Crippen LogP contribution in [-0.2, 0) is 0 Å². The molecule has 1 N–H and O–H groups in total. The molecule has 0 aliphatic carbocycles. The molecule has 2 rings (SSSR count). The molecule has 0 aliphatic rings. The largest absolute Gasteiger partial charge is 0.476 e. The van der Waals surface area contributed by atoms with Gasteiger partial charge in [0.2, 0.25) is 0 Å². The Bertz CT molecular complexity index is 567. The third kappa shape index (κ3) is 2.28. The molecule has 1 heterocycles. The molecule has 0 radical (unpaired) electrons. The molecular weight excluding hydrogens is 223 g/mol. The van der Waals surface area contributed by atoms with Gasteiger partial charge in [0.1, 0.15) is 5.82 Å². The van der Waals surface area contributed by atoms with Gasteiger partial charge in [-0.15, -0.1) is 10.2 Å². The lowest BCUT2D eigenvalue weighted by Crippen LogP contribution is -2.05. The molecule has 0 amide bonds. The van der Waals surface area contributed by atoms with E-state index in [9.17, 15) is 9.18 Å². The Balaban J connectivity index is 2.44. The maximum atomic E-state index is 12.7. The van der Waals surface area contributed by atoms with Crippen molar-refractivity contribution in [3.05, 3.63) is 47.4 Å². The fraction of sp³-hybridized carbons (Fsp3) is 0.0833. The molecule has 4 nitrogen and oxygen atoms in total. The molecule has 0 aliphatic heterocycles. The lowest BCUT2D eigenvalue weighted by atomic mass is 10.1. The van der Waals surface area contributed by atoms with Crippen LogP contribution in [0, 0.1) is 12.7 Å². The number of carboxylic acids is 1. The Morgan fingerprint density at radius 2 is 1.88 bits per heavy atom. The Labute approximate surface area is 96.7 Å². The number of aromatic nitrogens is 2. The summed E-state index contributed by atoms with van der Waals surface area (Å²) in [5.41, 5.74) is 1.66. The van der Waals surface area contributed by atoms with E-state index in [4.69, 9.17) is 5.11 Å². The Morgan fingerprint density at radius 1 is 1.24 bits per heavy atom. The van der Waals surface area contributed by atoms with E-state index >= 15 is 0 Å². The number of hydrogen-bond donors (Lipinski definition) is 1. The summed E-state index contributed by atoms with van der Waals surface area (Å²) in [6, 6.07) is 7.39. The van der Waals surface area contributed by atoms with Crippen LogP contribution in [0.2, 0.25) is 0 Å². The third-order valence-electron chi connectivity index (χ3n) is 2.33. The number of carbonyl (C=O) groups is 1. The fourth-order valence-corrected chi connectivity index (χ4v) is 1.46. The van der Waals surface area contributed by atoms with Crippen LogP contribution in [-0.4, -0.2) is 21.3 Å². The van der Waals surface area contributed by atoms with Crippen molar-refractivity contribution in [1.82, 2.24) is 10.2 Å². The van der Waals surface area contributed by atoms with Crippen LogP contribution in [0.15, 0.2) is 30.3 Å². The van der Waals surface area contributed by atoms with Crippen LogP contribution in [0.25, 0.3) is 11.3 Å². The second kappa shape index (κ2) is 4.29. The zero-order chi connectivity index (χ0) is 12.4. The Hall–Kier alpha value is -2.30. The molecule has 0 saturated carbocycles. The van der Waals surface area contributed by atoms with E-state index in [2.05, 4.69) is 10.2 Å². The summed E-state index contributed by atoms with van der Waals surface area (Å²) >= 11 is 0. The van der Waals surface area contributed by atoms with Crippen molar-refractivity contribution in [3.63, 3.8) is 0 Å². The Morgan fingerprint density at radius 3 is 2.41 bits per heavy atom. The van der Waals surface area contributed by atoms with Crippen LogP contribution in [0.4, 0.5) is 4.39 Å². The molecule has 2 aromatic rings. The zero-order valence-corrected chi connectivity index (χ0v) is 9.01. The molecule has 5 heteroatoms. The average Bonchev–Trinajstić information content (AvgIpc) is 2.29. The van der Waals surface area contributed by atoms with Gasteiger partial charge >= 0.3 is 5.97 Å². The molecule has 17 heavy (non-hydrogen) atoms. The number of aromatic carboxylic acids is 1. The average molecular weight is 232 g/mol. The topological polar surface area (TPSA) is 63.1 Å². The number of nitrogens with zero attached hydrogens (tertiary/aromatic N) is 2. The van der Waals surface area contributed by atoms with Crippen molar-refractivity contribution in [1.29, 1.82) is 0 Å². The molecule has 0 atom stereocenters. The van der Waals surface area contributed by atoms with E-state index in [-0.39, 0.29) is 11.5 Å².